The van der Waals surface area contributed by atoms with E-state index in [-0.39, 0.29) is 30.1 Å². The van der Waals surface area contributed by atoms with Gasteiger partial charge in [0.05, 0.1) is 20.3 Å². The quantitative estimate of drug-likeness (QED) is 0.283. The molecule has 26 heavy (non-hydrogen) atoms. The Balaban J connectivity index is 0.00000338. The first-order valence-corrected chi connectivity index (χ1v) is 8.90. The molecule has 0 bridgehead atoms. The molecule has 1 aromatic carbocycles. The molecule has 0 spiro atoms. The monoisotopic (exact) mass is 477 g/mol. The maximum atomic E-state index is 5.58. The molecule has 148 valence electrons. The number of ether oxygens (including phenoxy) is 3. The Kier molecular flexibility index (Phi) is 10.1. The lowest BCUT2D eigenvalue weighted by molar-refractivity contribution is 0.0775. The lowest BCUT2D eigenvalue weighted by Crippen LogP contribution is -2.44. The molecule has 1 aliphatic rings. The van der Waals surface area contributed by atoms with Gasteiger partial charge in [0.25, 0.3) is 0 Å². The first kappa shape index (κ1) is 22.8. The first-order chi connectivity index (χ1) is 12.1. The zero-order valence-corrected chi connectivity index (χ0v) is 18.8. The topological polar surface area (TPSA) is 55.3 Å². The summed E-state index contributed by atoms with van der Waals surface area (Å²) in [5, 5.41) is 3.43. The second-order valence-electron chi connectivity index (χ2n) is 6.39. The van der Waals surface area contributed by atoms with Crippen molar-refractivity contribution in [1.29, 1.82) is 0 Å². The largest absolute Gasteiger partial charge is 0.493 e. The van der Waals surface area contributed by atoms with Crippen molar-refractivity contribution in [3.8, 4) is 11.5 Å². The summed E-state index contributed by atoms with van der Waals surface area (Å²) in [5.41, 5.74) is 2.57. The average Bonchev–Trinajstić information content (AvgIpc) is 2.62. The van der Waals surface area contributed by atoms with Crippen LogP contribution in [0.25, 0.3) is 0 Å². The van der Waals surface area contributed by atoms with Crippen molar-refractivity contribution >= 4 is 29.9 Å². The molecule has 1 aliphatic heterocycles. The van der Waals surface area contributed by atoms with Gasteiger partial charge in [-0.3, -0.25) is 4.99 Å². The number of guanidine groups is 1. The molecular formula is C19H32IN3O3. The molecule has 1 heterocycles. The summed E-state index contributed by atoms with van der Waals surface area (Å²) in [4.78, 5) is 6.70. The summed E-state index contributed by atoms with van der Waals surface area (Å²) < 4.78 is 16.4. The Hall–Kier alpha value is -1.22. The molecule has 0 fully saturated rings. The van der Waals surface area contributed by atoms with Crippen molar-refractivity contribution in [2.24, 2.45) is 4.99 Å². The van der Waals surface area contributed by atoms with E-state index in [1.54, 1.807) is 14.2 Å². The highest BCUT2D eigenvalue weighted by atomic mass is 127. The van der Waals surface area contributed by atoms with Gasteiger partial charge in [0, 0.05) is 33.3 Å². The Bertz CT molecular complexity index is 594. The van der Waals surface area contributed by atoms with Gasteiger partial charge in [-0.25, -0.2) is 0 Å². The van der Waals surface area contributed by atoms with Crippen LogP contribution in [0.2, 0.25) is 0 Å². The number of methoxy groups -OCH3 is 2. The third-order valence-corrected chi connectivity index (χ3v) is 4.28. The van der Waals surface area contributed by atoms with E-state index in [1.165, 1.54) is 11.1 Å². The van der Waals surface area contributed by atoms with E-state index in [0.717, 1.165) is 56.5 Å². The van der Waals surface area contributed by atoms with Crippen molar-refractivity contribution in [3.63, 3.8) is 0 Å². The van der Waals surface area contributed by atoms with Gasteiger partial charge in [0.1, 0.15) is 0 Å². The molecule has 0 atom stereocenters. The number of nitrogens with one attached hydrogen (secondary N) is 1. The smallest absolute Gasteiger partial charge is 0.193 e. The van der Waals surface area contributed by atoms with Crippen LogP contribution in [0.1, 0.15) is 31.4 Å². The number of benzene rings is 1. The molecule has 1 N–H and O–H groups in total. The van der Waals surface area contributed by atoms with Gasteiger partial charge in [0.2, 0.25) is 0 Å². The van der Waals surface area contributed by atoms with E-state index in [9.17, 15) is 0 Å². The Morgan fingerprint density at radius 2 is 1.85 bits per heavy atom. The molecule has 0 unspecified atom stereocenters. The van der Waals surface area contributed by atoms with Crippen LogP contribution in [0, 0.1) is 0 Å². The maximum absolute atomic E-state index is 5.58. The molecular weight excluding hydrogens is 445 g/mol. The predicted molar refractivity (Wildman–Crippen MR) is 116 cm³/mol. The van der Waals surface area contributed by atoms with Gasteiger partial charge in [0.15, 0.2) is 17.5 Å². The number of nitrogens with zero attached hydrogens (tertiary/aromatic N) is 2. The summed E-state index contributed by atoms with van der Waals surface area (Å²) in [6.45, 7) is 7.49. The number of rotatable bonds is 7. The van der Waals surface area contributed by atoms with Crippen LogP contribution < -0.4 is 14.8 Å². The SMILES string of the molecule is CN=C(NCCCOC(C)C)N1CCc2cc(OC)c(OC)cc2C1.I. The van der Waals surface area contributed by atoms with Gasteiger partial charge in [-0.1, -0.05) is 0 Å². The van der Waals surface area contributed by atoms with Crippen LogP contribution in [0.5, 0.6) is 11.5 Å². The molecule has 0 saturated heterocycles. The second-order valence-corrected chi connectivity index (χ2v) is 6.39. The van der Waals surface area contributed by atoms with Crippen LogP contribution in [0.4, 0.5) is 0 Å². The zero-order chi connectivity index (χ0) is 18.2. The molecule has 0 amide bonds. The first-order valence-electron chi connectivity index (χ1n) is 8.90. The van der Waals surface area contributed by atoms with E-state index >= 15 is 0 Å². The van der Waals surface area contributed by atoms with Crippen LogP contribution in [0.3, 0.4) is 0 Å². The summed E-state index contributed by atoms with van der Waals surface area (Å²) >= 11 is 0. The Morgan fingerprint density at radius 1 is 1.19 bits per heavy atom. The van der Waals surface area contributed by atoms with Crippen LogP contribution in [-0.2, 0) is 17.7 Å². The molecule has 2 rings (SSSR count). The van der Waals surface area contributed by atoms with Gasteiger partial charge in [-0.2, -0.15) is 0 Å². The van der Waals surface area contributed by atoms with Crippen LogP contribution >= 0.6 is 24.0 Å². The third-order valence-electron chi connectivity index (χ3n) is 4.28. The number of halogens is 1. The minimum atomic E-state index is 0. The van der Waals surface area contributed by atoms with Crippen molar-refractivity contribution in [2.45, 2.75) is 39.3 Å². The van der Waals surface area contributed by atoms with E-state index in [4.69, 9.17) is 14.2 Å². The minimum Gasteiger partial charge on any atom is -0.493 e. The molecule has 0 aromatic heterocycles. The Labute approximate surface area is 174 Å². The van der Waals surface area contributed by atoms with Crippen LogP contribution in [-0.4, -0.2) is 57.9 Å². The van der Waals surface area contributed by atoms with Crippen LogP contribution in [0.15, 0.2) is 17.1 Å². The predicted octanol–water partition coefficient (Wildman–Crippen LogP) is 3.07. The van der Waals surface area contributed by atoms with E-state index in [0.29, 0.717) is 0 Å². The van der Waals surface area contributed by atoms with E-state index in [1.807, 2.05) is 7.05 Å². The fraction of sp³-hybridized carbons (Fsp3) is 0.632. The average molecular weight is 477 g/mol. The summed E-state index contributed by atoms with van der Waals surface area (Å²) in [7, 11) is 5.18. The molecule has 0 radical (unpaired) electrons. The molecule has 6 nitrogen and oxygen atoms in total. The minimum absolute atomic E-state index is 0. The summed E-state index contributed by atoms with van der Waals surface area (Å²) in [6, 6.07) is 4.16. The van der Waals surface area contributed by atoms with Crippen molar-refractivity contribution in [1.82, 2.24) is 10.2 Å². The molecule has 0 saturated carbocycles. The number of aliphatic imine (C=N–C) groups is 1. The molecule has 1 aromatic rings. The fourth-order valence-corrected chi connectivity index (χ4v) is 2.99. The van der Waals surface area contributed by atoms with Gasteiger partial charge >= 0.3 is 0 Å². The van der Waals surface area contributed by atoms with Crippen molar-refractivity contribution in [3.05, 3.63) is 23.3 Å². The number of hydrogen-bond acceptors (Lipinski definition) is 4. The third kappa shape index (κ3) is 6.19. The number of fused-ring (bicyclic) bond motifs is 1. The summed E-state index contributed by atoms with van der Waals surface area (Å²) in [5.74, 6) is 2.50. The second kappa shape index (κ2) is 11.5. The lowest BCUT2D eigenvalue weighted by Gasteiger charge is -2.32. The summed E-state index contributed by atoms with van der Waals surface area (Å²) in [6.07, 6.45) is 2.21. The highest BCUT2D eigenvalue weighted by Crippen LogP contribution is 2.33. The highest BCUT2D eigenvalue weighted by molar-refractivity contribution is 14.0. The van der Waals surface area contributed by atoms with Gasteiger partial charge in [-0.05, 0) is 49.9 Å². The van der Waals surface area contributed by atoms with Crippen molar-refractivity contribution in [2.75, 3.05) is 41.0 Å². The Morgan fingerprint density at radius 3 is 2.42 bits per heavy atom. The van der Waals surface area contributed by atoms with Crippen molar-refractivity contribution < 1.29 is 14.2 Å². The van der Waals surface area contributed by atoms with E-state index < -0.39 is 0 Å². The van der Waals surface area contributed by atoms with E-state index in [2.05, 4.69) is 41.2 Å². The van der Waals surface area contributed by atoms with Gasteiger partial charge < -0.3 is 24.4 Å². The normalized spacial score (nSPS) is 13.9. The standard InChI is InChI=1S/C19H31N3O3.HI/c1-14(2)25-10-6-8-21-19(20-3)22-9-7-15-11-17(23-4)18(24-5)12-16(15)13-22;/h11-12,14H,6-10,13H2,1-5H3,(H,20,21);1H. The lowest BCUT2D eigenvalue weighted by atomic mass is 9.99. The van der Waals surface area contributed by atoms with Gasteiger partial charge in [-0.15, -0.1) is 24.0 Å². The zero-order valence-electron chi connectivity index (χ0n) is 16.5. The molecule has 0 aliphatic carbocycles. The number of hydrogen-bond donors (Lipinski definition) is 1. The molecule has 7 heteroatoms. The maximum Gasteiger partial charge on any atom is 0.193 e. The fourth-order valence-electron chi connectivity index (χ4n) is 2.99. The highest BCUT2D eigenvalue weighted by Gasteiger charge is 2.21.